The van der Waals surface area contributed by atoms with Gasteiger partial charge in [0.15, 0.2) is 0 Å². The zero-order valence-corrected chi connectivity index (χ0v) is 13.9. The van der Waals surface area contributed by atoms with Crippen molar-refractivity contribution >= 4 is 34.2 Å². The first-order chi connectivity index (χ1) is 12.1. The molecule has 0 bridgehead atoms. The first-order valence-corrected chi connectivity index (χ1v) is 8.06. The highest BCUT2D eigenvalue weighted by Crippen LogP contribution is 2.22. The van der Waals surface area contributed by atoms with E-state index in [1.54, 1.807) is 6.33 Å². The van der Waals surface area contributed by atoms with Crippen molar-refractivity contribution in [2.75, 3.05) is 6.54 Å². The third-order valence-corrected chi connectivity index (χ3v) is 4.11. The molecule has 2 aromatic carbocycles. The molecule has 0 atom stereocenters. The maximum absolute atomic E-state index is 12.1. The number of nitro groups is 1. The standard InChI is InChI=1S/C17H15ClN4O3/c18-14-10-12(22(24)25)6-7-13(14)17(23)19-8-3-9-21-11-20-15-4-1-2-5-16(15)21/h1-2,4-7,10-11H,3,8-9H2,(H,19,23). The molecule has 3 rings (SSSR count). The van der Waals surface area contributed by atoms with E-state index in [1.165, 1.54) is 18.2 Å². The quantitative estimate of drug-likeness (QED) is 0.415. The van der Waals surface area contributed by atoms with Gasteiger partial charge in [-0.1, -0.05) is 23.7 Å². The van der Waals surface area contributed by atoms with E-state index in [1.807, 2.05) is 28.8 Å². The Labute approximate surface area is 148 Å². The largest absolute Gasteiger partial charge is 0.352 e. The number of para-hydroxylation sites is 2. The summed E-state index contributed by atoms with van der Waals surface area (Å²) >= 11 is 5.95. The molecule has 0 aliphatic heterocycles. The molecule has 3 aromatic rings. The van der Waals surface area contributed by atoms with E-state index in [0.717, 1.165) is 24.0 Å². The van der Waals surface area contributed by atoms with E-state index < -0.39 is 4.92 Å². The lowest BCUT2D eigenvalue weighted by Gasteiger charge is -2.08. The Morgan fingerprint density at radius 1 is 1.28 bits per heavy atom. The monoisotopic (exact) mass is 358 g/mol. The molecule has 0 saturated carbocycles. The molecule has 1 aromatic heterocycles. The van der Waals surface area contributed by atoms with Gasteiger partial charge in [-0.2, -0.15) is 0 Å². The second-order valence-corrected chi connectivity index (χ2v) is 5.86. The number of halogens is 1. The molecular weight excluding hydrogens is 344 g/mol. The third kappa shape index (κ3) is 3.77. The minimum Gasteiger partial charge on any atom is -0.352 e. The van der Waals surface area contributed by atoms with Gasteiger partial charge >= 0.3 is 0 Å². The number of rotatable bonds is 6. The van der Waals surface area contributed by atoms with Gasteiger partial charge in [-0.3, -0.25) is 14.9 Å². The van der Waals surface area contributed by atoms with Crippen molar-refractivity contribution in [1.82, 2.24) is 14.9 Å². The lowest BCUT2D eigenvalue weighted by atomic mass is 10.2. The molecular formula is C17H15ClN4O3. The van der Waals surface area contributed by atoms with Crippen LogP contribution in [0.5, 0.6) is 0 Å². The van der Waals surface area contributed by atoms with Crippen LogP contribution in [0.1, 0.15) is 16.8 Å². The molecule has 1 N–H and O–H groups in total. The number of nitro benzene ring substituents is 1. The number of fused-ring (bicyclic) bond motifs is 1. The maximum Gasteiger partial charge on any atom is 0.270 e. The average Bonchev–Trinajstić information content (AvgIpc) is 3.01. The minimum absolute atomic E-state index is 0.0623. The van der Waals surface area contributed by atoms with Crippen molar-refractivity contribution in [3.63, 3.8) is 0 Å². The Morgan fingerprint density at radius 2 is 2.08 bits per heavy atom. The summed E-state index contributed by atoms with van der Waals surface area (Å²) in [6.07, 6.45) is 2.50. The van der Waals surface area contributed by atoms with Gasteiger partial charge in [0.1, 0.15) is 0 Å². The molecule has 25 heavy (non-hydrogen) atoms. The van der Waals surface area contributed by atoms with Gasteiger partial charge in [-0.15, -0.1) is 0 Å². The van der Waals surface area contributed by atoms with Crippen LogP contribution in [0.3, 0.4) is 0 Å². The van der Waals surface area contributed by atoms with Crippen molar-refractivity contribution in [3.8, 4) is 0 Å². The first-order valence-electron chi connectivity index (χ1n) is 7.68. The fraction of sp³-hybridized carbons (Fsp3) is 0.176. The number of nitrogens with one attached hydrogen (secondary N) is 1. The van der Waals surface area contributed by atoms with Crippen LogP contribution in [-0.4, -0.2) is 26.9 Å². The van der Waals surface area contributed by atoms with Gasteiger partial charge in [-0.05, 0) is 24.6 Å². The molecule has 1 amide bonds. The Kier molecular flexibility index (Phi) is 4.95. The third-order valence-electron chi connectivity index (χ3n) is 3.80. The lowest BCUT2D eigenvalue weighted by Crippen LogP contribution is -2.25. The normalized spacial score (nSPS) is 10.8. The minimum atomic E-state index is -0.553. The molecule has 1 heterocycles. The Morgan fingerprint density at radius 3 is 2.84 bits per heavy atom. The van der Waals surface area contributed by atoms with E-state index in [-0.39, 0.29) is 22.2 Å². The van der Waals surface area contributed by atoms with Crippen molar-refractivity contribution < 1.29 is 9.72 Å². The van der Waals surface area contributed by atoms with E-state index in [4.69, 9.17) is 11.6 Å². The van der Waals surface area contributed by atoms with E-state index in [9.17, 15) is 14.9 Å². The van der Waals surface area contributed by atoms with Crippen molar-refractivity contribution in [2.45, 2.75) is 13.0 Å². The number of nitrogens with zero attached hydrogens (tertiary/aromatic N) is 3. The van der Waals surface area contributed by atoms with Gasteiger partial charge in [0.05, 0.1) is 32.9 Å². The van der Waals surface area contributed by atoms with Gasteiger partial charge in [0.2, 0.25) is 0 Å². The number of carbonyl (C=O) groups excluding carboxylic acids is 1. The number of aryl methyl sites for hydroxylation is 1. The molecule has 0 unspecified atom stereocenters. The Hall–Kier alpha value is -2.93. The summed E-state index contributed by atoms with van der Waals surface area (Å²) in [5.74, 6) is -0.351. The second-order valence-electron chi connectivity index (χ2n) is 5.46. The molecule has 0 radical (unpaired) electrons. The summed E-state index contributed by atoms with van der Waals surface area (Å²) < 4.78 is 2.03. The van der Waals surface area contributed by atoms with Crippen LogP contribution in [0.4, 0.5) is 5.69 Å². The van der Waals surface area contributed by atoms with Crippen molar-refractivity contribution in [3.05, 3.63) is 69.5 Å². The maximum atomic E-state index is 12.1. The van der Waals surface area contributed by atoms with E-state index in [0.29, 0.717) is 6.54 Å². The predicted octanol–water partition coefficient (Wildman–Crippen LogP) is 3.42. The summed E-state index contributed by atoms with van der Waals surface area (Å²) in [4.78, 5) is 26.6. The lowest BCUT2D eigenvalue weighted by molar-refractivity contribution is -0.384. The number of imidazole rings is 1. The number of aromatic nitrogens is 2. The topological polar surface area (TPSA) is 90.1 Å². The van der Waals surface area contributed by atoms with Gasteiger partial charge < -0.3 is 9.88 Å². The highest BCUT2D eigenvalue weighted by Gasteiger charge is 2.14. The summed E-state index contributed by atoms with van der Waals surface area (Å²) in [6, 6.07) is 11.6. The van der Waals surface area contributed by atoms with Crippen LogP contribution >= 0.6 is 11.6 Å². The highest BCUT2D eigenvalue weighted by atomic mass is 35.5. The molecule has 128 valence electrons. The molecule has 0 spiro atoms. The molecule has 0 aliphatic rings. The van der Waals surface area contributed by atoms with Gasteiger partial charge in [0, 0.05) is 25.2 Å². The SMILES string of the molecule is O=C(NCCCn1cnc2ccccc21)c1ccc([N+](=O)[O-])cc1Cl. The van der Waals surface area contributed by atoms with Crippen LogP contribution in [0, 0.1) is 10.1 Å². The number of carbonyl (C=O) groups is 1. The van der Waals surface area contributed by atoms with Gasteiger partial charge in [-0.25, -0.2) is 4.98 Å². The zero-order valence-electron chi connectivity index (χ0n) is 13.2. The number of hydrogen-bond acceptors (Lipinski definition) is 4. The predicted molar refractivity (Wildman–Crippen MR) is 94.8 cm³/mol. The van der Waals surface area contributed by atoms with Crippen molar-refractivity contribution in [1.29, 1.82) is 0 Å². The fourth-order valence-corrected chi connectivity index (χ4v) is 2.80. The first kappa shape index (κ1) is 16.9. The van der Waals surface area contributed by atoms with Crippen LogP contribution in [0.25, 0.3) is 11.0 Å². The zero-order chi connectivity index (χ0) is 17.8. The van der Waals surface area contributed by atoms with E-state index in [2.05, 4.69) is 10.3 Å². The fourth-order valence-electron chi connectivity index (χ4n) is 2.54. The Balaban J connectivity index is 1.55. The summed E-state index contributed by atoms with van der Waals surface area (Å²) in [5, 5.41) is 13.5. The number of hydrogen-bond donors (Lipinski definition) is 1. The molecule has 0 aliphatic carbocycles. The Bertz CT molecular complexity index is 939. The highest BCUT2D eigenvalue weighted by molar-refractivity contribution is 6.34. The van der Waals surface area contributed by atoms with Crippen LogP contribution in [0.15, 0.2) is 48.8 Å². The smallest absolute Gasteiger partial charge is 0.270 e. The number of amides is 1. The van der Waals surface area contributed by atoms with E-state index >= 15 is 0 Å². The molecule has 8 heteroatoms. The van der Waals surface area contributed by atoms with Crippen molar-refractivity contribution in [2.24, 2.45) is 0 Å². The number of benzene rings is 2. The van der Waals surface area contributed by atoms with Gasteiger partial charge in [0.25, 0.3) is 11.6 Å². The summed E-state index contributed by atoms with van der Waals surface area (Å²) in [6.45, 7) is 1.17. The van der Waals surface area contributed by atoms with Crippen LogP contribution < -0.4 is 5.32 Å². The second kappa shape index (κ2) is 7.31. The molecule has 0 fully saturated rings. The molecule has 0 saturated heterocycles. The summed E-state index contributed by atoms with van der Waals surface area (Å²) in [7, 11) is 0. The van der Waals surface area contributed by atoms with Crippen LogP contribution in [-0.2, 0) is 6.54 Å². The summed E-state index contributed by atoms with van der Waals surface area (Å²) in [5.41, 5.74) is 2.06. The molecule has 7 nitrogen and oxygen atoms in total. The number of non-ortho nitro benzene ring substituents is 1. The van der Waals surface area contributed by atoms with Crippen LogP contribution in [0.2, 0.25) is 5.02 Å². The average molecular weight is 359 g/mol.